The van der Waals surface area contributed by atoms with Gasteiger partial charge in [-0.05, 0) is 36.4 Å². The molecule has 0 unspecified atom stereocenters. The van der Waals surface area contributed by atoms with Gasteiger partial charge in [-0.2, -0.15) is 0 Å². The first-order valence-electron chi connectivity index (χ1n) is 9.45. The summed E-state index contributed by atoms with van der Waals surface area (Å²) in [5.41, 5.74) is 1.17. The number of rotatable bonds is 9. The van der Waals surface area contributed by atoms with Crippen LogP contribution in [-0.4, -0.2) is 41.5 Å². The minimum atomic E-state index is -0.432. The maximum Gasteiger partial charge on any atom is 0.291 e. The van der Waals surface area contributed by atoms with Gasteiger partial charge in [0.05, 0.1) is 35.5 Å². The van der Waals surface area contributed by atoms with Gasteiger partial charge in [0, 0.05) is 12.0 Å². The van der Waals surface area contributed by atoms with Gasteiger partial charge in [0.2, 0.25) is 0 Å². The lowest BCUT2D eigenvalue weighted by molar-refractivity contribution is 0.0994. The minimum absolute atomic E-state index is 0.142. The molecular formula is C23H25NO7. The Morgan fingerprint density at radius 1 is 0.774 bits per heavy atom. The highest BCUT2D eigenvalue weighted by molar-refractivity contribution is 6.04. The van der Waals surface area contributed by atoms with Crippen molar-refractivity contribution in [2.24, 2.45) is 0 Å². The van der Waals surface area contributed by atoms with Crippen molar-refractivity contribution in [3.05, 3.63) is 59.5 Å². The van der Waals surface area contributed by atoms with Crippen molar-refractivity contribution >= 4 is 11.6 Å². The monoisotopic (exact) mass is 427 g/mol. The van der Waals surface area contributed by atoms with E-state index in [1.54, 1.807) is 63.8 Å². The molecule has 0 fully saturated rings. The molecule has 0 aliphatic carbocycles. The van der Waals surface area contributed by atoms with E-state index >= 15 is 0 Å². The van der Waals surface area contributed by atoms with Gasteiger partial charge in [-0.3, -0.25) is 4.79 Å². The minimum Gasteiger partial charge on any atom is -0.496 e. The van der Waals surface area contributed by atoms with Crippen molar-refractivity contribution < 1.29 is 32.9 Å². The summed E-state index contributed by atoms with van der Waals surface area (Å²) in [4.78, 5) is 12.8. The second-order valence-corrected chi connectivity index (χ2v) is 6.42. The van der Waals surface area contributed by atoms with Crippen LogP contribution in [0, 0.1) is 0 Å². The number of anilines is 1. The number of methoxy groups -OCH3 is 5. The summed E-state index contributed by atoms with van der Waals surface area (Å²) in [5, 5.41) is 2.79. The van der Waals surface area contributed by atoms with Gasteiger partial charge in [-0.1, -0.05) is 6.07 Å². The Labute approximate surface area is 180 Å². The van der Waals surface area contributed by atoms with E-state index in [9.17, 15) is 4.79 Å². The Balaban J connectivity index is 1.86. The normalized spacial score (nSPS) is 10.4. The van der Waals surface area contributed by atoms with Gasteiger partial charge >= 0.3 is 0 Å². The average Bonchev–Trinajstić information content (AvgIpc) is 3.27. The number of hydrogen-bond donors (Lipinski definition) is 1. The van der Waals surface area contributed by atoms with Crippen molar-refractivity contribution in [2.75, 3.05) is 40.9 Å². The van der Waals surface area contributed by atoms with Crippen LogP contribution in [0.4, 0.5) is 5.69 Å². The zero-order chi connectivity index (χ0) is 22.4. The van der Waals surface area contributed by atoms with Crippen LogP contribution in [-0.2, 0) is 6.42 Å². The Hall–Kier alpha value is -3.81. The Morgan fingerprint density at radius 3 is 1.97 bits per heavy atom. The first-order chi connectivity index (χ1) is 15.1. The lowest BCUT2D eigenvalue weighted by Gasteiger charge is -2.15. The number of hydrogen-bond acceptors (Lipinski definition) is 7. The molecule has 2 aromatic carbocycles. The molecule has 0 saturated heterocycles. The highest BCUT2D eigenvalue weighted by Gasteiger charge is 2.20. The first-order valence-corrected chi connectivity index (χ1v) is 9.45. The molecule has 1 N–H and O–H groups in total. The molecule has 0 bridgehead atoms. The molecule has 31 heavy (non-hydrogen) atoms. The molecule has 3 rings (SSSR count). The number of amides is 1. The molecule has 164 valence electrons. The standard InChI is InChI=1S/C23H25NO7/c1-26-16-11-12-19(29-4)22(30-5)15(16)13-14-9-10-20(31-14)23(25)24-21-17(27-2)7-6-8-18(21)28-3/h6-12H,13H2,1-5H3,(H,24,25). The maximum atomic E-state index is 12.8. The third-order valence-electron chi connectivity index (χ3n) is 4.73. The van der Waals surface area contributed by atoms with Crippen molar-refractivity contribution in [3.8, 4) is 28.7 Å². The molecule has 0 aliphatic rings. The summed E-state index contributed by atoms with van der Waals surface area (Å²) >= 11 is 0. The van der Waals surface area contributed by atoms with E-state index in [-0.39, 0.29) is 5.76 Å². The van der Waals surface area contributed by atoms with Crippen LogP contribution in [0.3, 0.4) is 0 Å². The Bertz CT molecular complexity index is 1040. The summed E-state index contributed by atoms with van der Waals surface area (Å²) in [6.07, 6.45) is 0.342. The van der Waals surface area contributed by atoms with Gasteiger partial charge in [-0.15, -0.1) is 0 Å². The lowest BCUT2D eigenvalue weighted by atomic mass is 10.1. The van der Waals surface area contributed by atoms with E-state index in [0.717, 1.165) is 5.56 Å². The molecule has 0 aliphatic heterocycles. The molecule has 1 aromatic heterocycles. The van der Waals surface area contributed by atoms with Gasteiger partial charge < -0.3 is 33.4 Å². The summed E-state index contributed by atoms with van der Waals surface area (Å²) in [6, 6.07) is 12.1. The van der Waals surface area contributed by atoms with E-state index in [2.05, 4.69) is 5.32 Å². The van der Waals surface area contributed by atoms with Crippen molar-refractivity contribution in [1.82, 2.24) is 0 Å². The van der Waals surface area contributed by atoms with E-state index in [1.807, 2.05) is 0 Å². The smallest absolute Gasteiger partial charge is 0.291 e. The fourth-order valence-corrected chi connectivity index (χ4v) is 3.25. The third kappa shape index (κ3) is 4.53. The number of nitrogens with one attached hydrogen (secondary N) is 1. The number of ether oxygens (including phenoxy) is 5. The maximum absolute atomic E-state index is 12.8. The van der Waals surface area contributed by atoms with Gasteiger partial charge in [0.25, 0.3) is 5.91 Å². The van der Waals surface area contributed by atoms with Gasteiger partial charge in [-0.25, -0.2) is 0 Å². The van der Waals surface area contributed by atoms with Crippen LogP contribution in [0.2, 0.25) is 0 Å². The molecule has 3 aromatic rings. The zero-order valence-electron chi connectivity index (χ0n) is 18.1. The average molecular weight is 427 g/mol. The summed E-state index contributed by atoms with van der Waals surface area (Å²) in [5.74, 6) is 2.97. The number of carbonyl (C=O) groups is 1. The Kier molecular flexibility index (Phi) is 6.92. The van der Waals surface area contributed by atoms with E-state index in [0.29, 0.717) is 46.6 Å². The topological polar surface area (TPSA) is 88.4 Å². The summed E-state index contributed by atoms with van der Waals surface area (Å²) in [7, 11) is 7.74. The van der Waals surface area contributed by atoms with Gasteiger partial charge in [0.15, 0.2) is 17.3 Å². The molecule has 0 radical (unpaired) electrons. The first kappa shape index (κ1) is 21.9. The third-order valence-corrected chi connectivity index (χ3v) is 4.73. The van der Waals surface area contributed by atoms with E-state index < -0.39 is 5.91 Å². The molecule has 8 heteroatoms. The van der Waals surface area contributed by atoms with Crippen LogP contribution in [0.25, 0.3) is 0 Å². The largest absolute Gasteiger partial charge is 0.496 e. The molecule has 0 spiro atoms. The van der Waals surface area contributed by atoms with Gasteiger partial charge in [0.1, 0.15) is 28.7 Å². The number of benzene rings is 2. The molecule has 1 amide bonds. The Morgan fingerprint density at radius 2 is 1.39 bits per heavy atom. The number of carbonyl (C=O) groups excluding carboxylic acids is 1. The summed E-state index contributed by atoms with van der Waals surface area (Å²) in [6.45, 7) is 0. The predicted octanol–water partition coefficient (Wildman–Crippen LogP) is 4.17. The molecular weight excluding hydrogens is 402 g/mol. The van der Waals surface area contributed by atoms with Crippen molar-refractivity contribution in [1.29, 1.82) is 0 Å². The van der Waals surface area contributed by atoms with Crippen LogP contribution in [0.1, 0.15) is 21.9 Å². The second-order valence-electron chi connectivity index (χ2n) is 6.42. The van der Waals surface area contributed by atoms with Crippen LogP contribution in [0.5, 0.6) is 28.7 Å². The highest BCUT2D eigenvalue weighted by Crippen LogP contribution is 2.39. The number of para-hydroxylation sites is 1. The van der Waals surface area contributed by atoms with Crippen LogP contribution in [0.15, 0.2) is 46.9 Å². The molecule has 0 saturated carbocycles. The fourth-order valence-electron chi connectivity index (χ4n) is 3.25. The highest BCUT2D eigenvalue weighted by atomic mass is 16.5. The lowest BCUT2D eigenvalue weighted by Crippen LogP contribution is -2.12. The van der Waals surface area contributed by atoms with Crippen LogP contribution >= 0.6 is 0 Å². The van der Waals surface area contributed by atoms with E-state index in [4.69, 9.17) is 28.1 Å². The zero-order valence-corrected chi connectivity index (χ0v) is 18.1. The molecule has 8 nitrogen and oxygen atoms in total. The fraction of sp³-hybridized carbons (Fsp3) is 0.261. The molecule has 1 heterocycles. The van der Waals surface area contributed by atoms with Crippen molar-refractivity contribution in [3.63, 3.8) is 0 Å². The van der Waals surface area contributed by atoms with Crippen molar-refractivity contribution in [2.45, 2.75) is 6.42 Å². The summed E-state index contributed by atoms with van der Waals surface area (Å²) < 4.78 is 32.8. The van der Waals surface area contributed by atoms with Crippen LogP contribution < -0.4 is 29.0 Å². The molecule has 0 atom stereocenters. The SMILES string of the molecule is COc1ccc(OC)c(OC)c1Cc1ccc(C(=O)Nc2c(OC)cccc2OC)o1. The quantitative estimate of drug-likeness (QED) is 0.548. The number of furan rings is 1. The predicted molar refractivity (Wildman–Crippen MR) is 115 cm³/mol. The second kappa shape index (κ2) is 9.80. The van der Waals surface area contributed by atoms with E-state index in [1.165, 1.54) is 14.2 Å².